The maximum Gasteiger partial charge on any atom is 0.410 e. The van der Waals surface area contributed by atoms with E-state index in [0.717, 1.165) is 5.56 Å². The summed E-state index contributed by atoms with van der Waals surface area (Å²) in [5.74, 6) is 0.154. The van der Waals surface area contributed by atoms with Crippen LogP contribution in [-0.4, -0.2) is 70.3 Å². The number of benzene rings is 1. The molecule has 1 unspecified atom stereocenters. The maximum atomic E-state index is 13.1. The van der Waals surface area contributed by atoms with E-state index in [1.165, 1.54) is 4.90 Å². The van der Waals surface area contributed by atoms with Crippen molar-refractivity contribution in [2.75, 3.05) is 19.6 Å². The van der Waals surface area contributed by atoms with Crippen LogP contribution in [-0.2, 0) is 20.9 Å². The van der Waals surface area contributed by atoms with Gasteiger partial charge in [0.25, 0.3) is 0 Å². The Kier molecular flexibility index (Phi) is 8.35. The lowest BCUT2D eigenvalue weighted by Crippen LogP contribution is -2.53. The quantitative estimate of drug-likeness (QED) is 0.719. The van der Waals surface area contributed by atoms with Gasteiger partial charge in [0.15, 0.2) is 5.78 Å². The molecule has 0 spiro atoms. The molecule has 3 rings (SSSR count). The number of amides is 2. The highest BCUT2D eigenvalue weighted by Crippen LogP contribution is 2.27. The minimum absolute atomic E-state index is 0.00198. The van der Waals surface area contributed by atoms with Crippen LogP contribution in [0, 0.1) is 5.92 Å². The highest BCUT2D eigenvalue weighted by atomic mass is 16.6. The first kappa shape index (κ1) is 25.0. The minimum atomic E-state index is -0.672. The van der Waals surface area contributed by atoms with Gasteiger partial charge in [-0.3, -0.25) is 9.69 Å². The second-order valence-corrected chi connectivity index (χ2v) is 10.0. The Morgan fingerprint density at radius 2 is 1.67 bits per heavy atom. The van der Waals surface area contributed by atoms with E-state index in [0.29, 0.717) is 45.2 Å². The number of ketones is 1. The van der Waals surface area contributed by atoms with Gasteiger partial charge in [0, 0.05) is 19.5 Å². The fraction of sp³-hybridized carbons (Fsp3) is 0.640. The van der Waals surface area contributed by atoms with Crippen LogP contribution in [0.3, 0.4) is 0 Å². The van der Waals surface area contributed by atoms with Crippen LogP contribution < -0.4 is 0 Å². The topological polar surface area (TPSA) is 96.4 Å². The van der Waals surface area contributed by atoms with E-state index in [4.69, 9.17) is 9.47 Å². The van der Waals surface area contributed by atoms with E-state index in [2.05, 4.69) is 0 Å². The maximum absolute atomic E-state index is 13.1. The lowest BCUT2D eigenvalue weighted by Gasteiger charge is -2.38. The lowest BCUT2D eigenvalue weighted by molar-refractivity contribution is -0.128. The molecule has 8 heteroatoms. The molecule has 0 saturated carbocycles. The van der Waals surface area contributed by atoms with Crippen molar-refractivity contribution in [3.8, 4) is 0 Å². The van der Waals surface area contributed by atoms with Gasteiger partial charge < -0.3 is 19.5 Å². The number of ether oxygens (including phenoxy) is 2. The molecule has 1 aromatic carbocycles. The Morgan fingerprint density at radius 3 is 2.30 bits per heavy atom. The number of aliphatic hydroxyl groups is 1. The fourth-order valence-corrected chi connectivity index (χ4v) is 4.36. The first-order chi connectivity index (χ1) is 15.6. The number of rotatable bonds is 5. The summed E-state index contributed by atoms with van der Waals surface area (Å²) in [4.78, 5) is 41.2. The third kappa shape index (κ3) is 7.45. The zero-order valence-corrected chi connectivity index (χ0v) is 19.9. The van der Waals surface area contributed by atoms with Crippen molar-refractivity contribution in [2.45, 2.75) is 77.2 Å². The lowest BCUT2D eigenvalue weighted by atomic mass is 9.87. The van der Waals surface area contributed by atoms with Gasteiger partial charge in [-0.05, 0) is 57.9 Å². The molecule has 33 heavy (non-hydrogen) atoms. The fourth-order valence-electron chi connectivity index (χ4n) is 4.36. The number of hydrogen-bond acceptors (Lipinski definition) is 6. The SMILES string of the molecule is CC(C)(C)OC(=O)N1C[C@@H](O)CCC1C(=O)CC1CCN(C(=O)OCc2ccccc2)CC1. The number of piperidine rings is 2. The van der Waals surface area contributed by atoms with Crippen molar-refractivity contribution in [1.82, 2.24) is 9.80 Å². The standard InChI is InChI=1S/C25H36N2O6/c1-25(2,3)33-24(31)27-16-20(28)9-10-21(27)22(29)15-18-11-13-26(14-12-18)23(30)32-17-19-7-5-4-6-8-19/h4-8,18,20-21,28H,9-17H2,1-3H3/t20-,21?/m0/s1. The Bertz CT molecular complexity index is 814. The predicted octanol–water partition coefficient (Wildman–Crippen LogP) is 3.75. The summed E-state index contributed by atoms with van der Waals surface area (Å²) in [6.45, 7) is 6.78. The highest BCUT2D eigenvalue weighted by Gasteiger charge is 2.38. The molecule has 182 valence electrons. The third-order valence-electron chi connectivity index (χ3n) is 6.12. The monoisotopic (exact) mass is 460 g/mol. The van der Waals surface area contributed by atoms with Crippen LogP contribution in [0.15, 0.2) is 30.3 Å². The second kappa shape index (κ2) is 11.0. The van der Waals surface area contributed by atoms with Gasteiger partial charge in [-0.25, -0.2) is 9.59 Å². The summed E-state index contributed by atoms with van der Waals surface area (Å²) in [6.07, 6.45) is 1.17. The number of β-amino-alcohol motifs (C(OH)–C–C–N with tert-alkyl or cyclic N) is 1. The number of nitrogens with zero attached hydrogens (tertiary/aromatic N) is 2. The minimum Gasteiger partial charge on any atom is -0.445 e. The highest BCUT2D eigenvalue weighted by molar-refractivity contribution is 5.88. The van der Waals surface area contributed by atoms with E-state index in [-0.39, 0.29) is 30.9 Å². The van der Waals surface area contributed by atoms with Crippen molar-refractivity contribution in [1.29, 1.82) is 0 Å². The first-order valence-corrected chi connectivity index (χ1v) is 11.8. The van der Waals surface area contributed by atoms with Gasteiger partial charge in [-0.15, -0.1) is 0 Å². The van der Waals surface area contributed by atoms with Crippen molar-refractivity contribution in [2.24, 2.45) is 5.92 Å². The molecular weight excluding hydrogens is 424 g/mol. The van der Waals surface area contributed by atoms with E-state index in [1.54, 1.807) is 25.7 Å². The molecule has 2 atom stereocenters. The summed E-state index contributed by atoms with van der Waals surface area (Å²) in [7, 11) is 0. The van der Waals surface area contributed by atoms with E-state index in [1.807, 2.05) is 30.3 Å². The van der Waals surface area contributed by atoms with E-state index >= 15 is 0 Å². The molecule has 2 heterocycles. The van der Waals surface area contributed by atoms with Gasteiger partial charge in [0.2, 0.25) is 0 Å². The van der Waals surface area contributed by atoms with Gasteiger partial charge in [0.05, 0.1) is 18.7 Å². The molecule has 0 bridgehead atoms. The number of carbonyl (C=O) groups is 3. The van der Waals surface area contributed by atoms with Gasteiger partial charge in [-0.1, -0.05) is 30.3 Å². The number of likely N-dealkylation sites (tertiary alicyclic amines) is 2. The zero-order valence-electron chi connectivity index (χ0n) is 19.9. The predicted molar refractivity (Wildman–Crippen MR) is 123 cm³/mol. The summed E-state index contributed by atoms with van der Waals surface area (Å²) < 4.78 is 10.9. The largest absolute Gasteiger partial charge is 0.445 e. The molecule has 0 aromatic heterocycles. The van der Waals surface area contributed by atoms with Crippen molar-refractivity contribution in [3.63, 3.8) is 0 Å². The number of aliphatic hydroxyl groups excluding tert-OH is 1. The molecule has 1 N–H and O–H groups in total. The molecule has 2 saturated heterocycles. The molecule has 0 radical (unpaired) electrons. The first-order valence-electron chi connectivity index (χ1n) is 11.8. The van der Waals surface area contributed by atoms with E-state index in [9.17, 15) is 19.5 Å². The zero-order chi connectivity index (χ0) is 24.0. The summed E-state index contributed by atoms with van der Waals surface area (Å²) >= 11 is 0. The number of hydrogen-bond donors (Lipinski definition) is 1. The van der Waals surface area contributed by atoms with Gasteiger partial charge in [-0.2, -0.15) is 0 Å². The average Bonchev–Trinajstić information content (AvgIpc) is 2.77. The number of carbonyl (C=O) groups excluding carboxylic acids is 3. The molecule has 0 aliphatic carbocycles. The second-order valence-electron chi connectivity index (χ2n) is 10.0. The third-order valence-corrected chi connectivity index (χ3v) is 6.12. The van der Waals surface area contributed by atoms with E-state index < -0.39 is 23.8 Å². The summed E-state index contributed by atoms with van der Waals surface area (Å²) in [5.41, 5.74) is 0.271. The summed E-state index contributed by atoms with van der Waals surface area (Å²) in [6, 6.07) is 8.98. The number of Topliss-reactive ketones (excluding diaryl/α,β-unsaturated/α-hetero) is 1. The van der Waals surface area contributed by atoms with Crippen LogP contribution in [0.5, 0.6) is 0 Å². The van der Waals surface area contributed by atoms with Crippen LogP contribution >= 0.6 is 0 Å². The van der Waals surface area contributed by atoms with Gasteiger partial charge >= 0.3 is 12.2 Å². The molecular formula is C25H36N2O6. The molecule has 2 fully saturated rings. The van der Waals surface area contributed by atoms with Crippen molar-refractivity contribution >= 4 is 18.0 Å². The van der Waals surface area contributed by atoms with Crippen LogP contribution in [0.1, 0.15) is 58.4 Å². The Morgan fingerprint density at radius 1 is 1.00 bits per heavy atom. The Labute approximate surface area is 195 Å². The van der Waals surface area contributed by atoms with Crippen molar-refractivity contribution < 1.29 is 29.0 Å². The van der Waals surface area contributed by atoms with Gasteiger partial charge in [0.1, 0.15) is 12.2 Å². The van der Waals surface area contributed by atoms with Crippen LogP contribution in [0.25, 0.3) is 0 Å². The van der Waals surface area contributed by atoms with Crippen LogP contribution in [0.2, 0.25) is 0 Å². The molecule has 2 amide bonds. The molecule has 2 aliphatic rings. The Hall–Kier alpha value is -2.61. The molecule has 1 aromatic rings. The average molecular weight is 461 g/mol. The Balaban J connectivity index is 1.48. The van der Waals surface area contributed by atoms with Crippen molar-refractivity contribution in [3.05, 3.63) is 35.9 Å². The van der Waals surface area contributed by atoms with Crippen LogP contribution in [0.4, 0.5) is 9.59 Å². The molecule has 8 nitrogen and oxygen atoms in total. The summed E-state index contributed by atoms with van der Waals surface area (Å²) in [5, 5.41) is 10.0. The smallest absolute Gasteiger partial charge is 0.410 e. The molecule has 2 aliphatic heterocycles. The normalized spacial score (nSPS) is 22.1.